The SMILES string of the molecule is Cc1ccc(C(O)C(O)CC(=O)O)cc1N. The Bertz CT molecular complexity index is 392. The van der Waals surface area contributed by atoms with Crippen LogP contribution >= 0.6 is 0 Å². The van der Waals surface area contributed by atoms with Crippen molar-refractivity contribution in [1.82, 2.24) is 0 Å². The highest BCUT2D eigenvalue weighted by atomic mass is 16.4. The number of hydrogen-bond donors (Lipinski definition) is 4. The Hall–Kier alpha value is -1.59. The molecule has 0 heterocycles. The molecule has 0 saturated heterocycles. The van der Waals surface area contributed by atoms with E-state index in [0.717, 1.165) is 5.56 Å². The third kappa shape index (κ3) is 2.95. The zero-order chi connectivity index (χ0) is 12.3. The van der Waals surface area contributed by atoms with Gasteiger partial charge in [-0.15, -0.1) is 0 Å². The van der Waals surface area contributed by atoms with E-state index in [-0.39, 0.29) is 0 Å². The van der Waals surface area contributed by atoms with Crippen molar-refractivity contribution in [2.75, 3.05) is 5.73 Å². The number of rotatable bonds is 4. The highest BCUT2D eigenvalue weighted by Gasteiger charge is 2.21. The molecule has 0 aliphatic carbocycles. The second kappa shape index (κ2) is 4.96. The van der Waals surface area contributed by atoms with Crippen LogP contribution < -0.4 is 5.73 Å². The summed E-state index contributed by atoms with van der Waals surface area (Å²) in [5.74, 6) is -1.16. The largest absolute Gasteiger partial charge is 0.481 e. The van der Waals surface area contributed by atoms with Crippen LogP contribution in [0.4, 0.5) is 5.69 Å². The number of carboxylic acids is 1. The molecule has 88 valence electrons. The van der Waals surface area contributed by atoms with E-state index >= 15 is 0 Å². The maximum Gasteiger partial charge on any atom is 0.306 e. The first kappa shape index (κ1) is 12.5. The number of anilines is 1. The van der Waals surface area contributed by atoms with Gasteiger partial charge in [-0.3, -0.25) is 4.79 Å². The quantitative estimate of drug-likeness (QED) is 0.557. The number of nitrogens with two attached hydrogens (primary N) is 1. The Morgan fingerprint density at radius 3 is 2.56 bits per heavy atom. The van der Waals surface area contributed by atoms with Gasteiger partial charge in [0.1, 0.15) is 6.10 Å². The molecule has 0 amide bonds. The van der Waals surface area contributed by atoms with Crippen LogP contribution in [0.25, 0.3) is 0 Å². The van der Waals surface area contributed by atoms with Crippen LogP contribution in [0.5, 0.6) is 0 Å². The molecule has 2 atom stereocenters. The van der Waals surface area contributed by atoms with Crippen LogP contribution in [0.2, 0.25) is 0 Å². The van der Waals surface area contributed by atoms with E-state index in [1.54, 1.807) is 12.1 Å². The fourth-order valence-corrected chi connectivity index (χ4v) is 1.36. The molecular formula is C11H15NO4. The predicted molar refractivity (Wildman–Crippen MR) is 58.8 cm³/mol. The molecule has 1 aromatic carbocycles. The number of aliphatic hydroxyl groups excluding tert-OH is 2. The summed E-state index contributed by atoms with van der Waals surface area (Å²) in [6.07, 6.45) is -3.08. The second-order valence-electron chi connectivity index (χ2n) is 3.73. The number of carboxylic acid groups (broad SMARTS) is 1. The molecule has 1 aromatic rings. The van der Waals surface area contributed by atoms with Crippen LogP contribution in [0.1, 0.15) is 23.7 Å². The summed E-state index contributed by atoms with van der Waals surface area (Å²) in [6.45, 7) is 1.82. The number of carbonyl (C=O) groups is 1. The monoisotopic (exact) mass is 225 g/mol. The molecule has 0 fully saturated rings. The van der Waals surface area contributed by atoms with Crippen molar-refractivity contribution in [2.24, 2.45) is 0 Å². The molecule has 0 aliphatic rings. The number of nitrogen functional groups attached to an aromatic ring is 1. The first-order valence-electron chi connectivity index (χ1n) is 4.85. The van der Waals surface area contributed by atoms with Gasteiger partial charge in [0.05, 0.1) is 12.5 Å². The van der Waals surface area contributed by atoms with Crippen molar-refractivity contribution in [2.45, 2.75) is 25.6 Å². The first-order valence-corrected chi connectivity index (χ1v) is 4.85. The van der Waals surface area contributed by atoms with Gasteiger partial charge < -0.3 is 21.1 Å². The minimum atomic E-state index is -1.33. The molecule has 5 heteroatoms. The minimum Gasteiger partial charge on any atom is -0.481 e. The van der Waals surface area contributed by atoms with Crippen molar-refractivity contribution in [1.29, 1.82) is 0 Å². The van der Waals surface area contributed by atoms with Gasteiger partial charge in [-0.05, 0) is 24.1 Å². The summed E-state index contributed by atoms with van der Waals surface area (Å²) in [5.41, 5.74) is 7.43. The fourth-order valence-electron chi connectivity index (χ4n) is 1.36. The lowest BCUT2D eigenvalue weighted by molar-refractivity contribution is -0.141. The van der Waals surface area contributed by atoms with E-state index in [0.29, 0.717) is 11.3 Å². The van der Waals surface area contributed by atoms with Gasteiger partial charge in [0.15, 0.2) is 0 Å². The van der Waals surface area contributed by atoms with Crippen molar-refractivity contribution in [3.05, 3.63) is 29.3 Å². The van der Waals surface area contributed by atoms with E-state index in [1.165, 1.54) is 6.07 Å². The van der Waals surface area contributed by atoms with E-state index in [1.807, 2.05) is 6.92 Å². The van der Waals surface area contributed by atoms with Gasteiger partial charge in [0.2, 0.25) is 0 Å². The summed E-state index contributed by atoms with van der Waals surface area (Å²) in [7, 11) is 0. The average molecular weight is 225 g/mol. The molecule has 0 spiro atoms. The maximum absolute atomic E-state index is 10.4. The lowest BCUT2D eigenvalue weighted by atomic mass is 10.00. The molecule has 2 unspecified atom stereocenters. The Morgan fingerprint density at radius 2 is 2.06 bits per heavy atom. The van der Waals surface area contributed by atoms with Gasteiger partial charge in [-0.1, -0.05) is 12.1 Å². The summed E-state index contributed by atoms with van der Waals surface area (Å²) in [4.78, 5) is 10.4. The standard InChI is InChI=1S/C11H15NO4/c1-6-2-3-7(4-8(6)12)11(16)9(13)5-10(14)15/h2-4,9,11,13,16H,5,12H2,1H3,(H,14,15). The van der Waals surface area contributed by atoms with Gasteiger partial charge in [-0.2, -0.15) is 0 Å². The van der Waals surface area contributed by atoms with Gasteiger partial charge >= 0.3 is 5.97 Å². The van der Waals surface area contributed by atoms with Crippen molar-refractivity contribution in [3.63, 3.8) is 0 Å². The Balaban J connectivity index is 2.83. The molecule has 16 heavy (non-hydrogen) atoms. The van der Waals surface area contributed by atoms with Crippen LogP contribution in [-0.2, 0) is 4.79 Å². The zero-order valence-corrected chi connectivity index (χ0v) is 8.92. The second-order valence-corrected chi connectivity index (χ2v) is 3.73. The molecule has 0 saturated carbocycles. The first-order chi connectivity index (χ1) is 7.41. The maximum atomic E-state index is 10.4. The van der Waals surface area contributed by atoms with E-state index in [9.17, 15) is 15.0 Å². The van der Waals surface area contributed by atoms with Crippen LogP contribution in [0, 0.1) is 6.92 Å². The lowest BCUT2D eigenvalue weighted by Crippen LogP contribution is -2.21. The lowest BCUT2D eigenvalue weighted by Gasteiger charge is -2.17. The fraction of sp³-hybridized carbons (Fsp3) is 0.364. The summed E-state index contributed by atoms with van der Waals surface area (Å²) < 4.78 is 0. The number of aliphatic hydroxyl groups is 2. The zero-order valence-electron chi connectivity index (χ0n) is 8.92. The number of hydrogen-bond acceptors (Lipinski definition) is 4. The topological polar surface area (TPSA) is 104 Å². The third-order valence-corrected chi connectivity index (χ3v) is 2.39. The Kier molecular flexibility index (Phi) is 3.87. The smallest absolute Gasteiger partial charge is 0.306 e. The number of aliphatic carboxylic acids is 1. The highest BCUT2D eigenvalue weighted by Crippen LogP contribution is 2.22. The molecule has 5 nitrogen and oxygen atoms in total. The minimum absolute atomic E-state index is 0.414. The molecule has 0 aliphatic heterocycles. The molecule has 5 N–H and O–H groups in total. The van der Waals surface area contributed by atoms with E-state index in [4.69, 9.17) is 10.8 Å². The Labute approximate surface area is 93.1 Å². The van der Waals surface area contributed by atoms with Crippen molar-refractivity contribution in [3.8, 4) is 0 Å². The normalized spacial score (nSPS) is 14.4. The van der Waals surface area contributed by atoms with Crippen molar-refractivity contribution >= 4 is 11.7 Å². The van der Waals surface area contributed by atoms with E-state index in [2.05, 4.69) is 0 Å². The Morgan fingerprint density at radius 1 is 1.44 bits per heavy atom. The summed E-state index contributed by atoms with van der Waals surface area (Å²) in [5, 5.41) is 27.6. The highest BCUT2D eigenvalue weighted by molar-refractivity contribution is 5.67. The van der Waals surface area contributed by atoms with Crippen LogP contribution in [-0.4, -0.2) is 27.4 Å². The molecule has 0 radical (unpaired) electrons. The van der Waals surface area contributed by atoms with Gasteiger partial charge in [-0.25, -0.2) is 0 Å². The molecular weight excluding hydrogens is 210 g/mol. The number of benzene rings is 1. The average Bonchev–Trinajstić information content (AvgIpc) is 2.20. The van der Waals surface area contributed by atoms with E-state index < -0.39 is 24.6 Å². The van der Waals surface area contributed by atoms with Crippen molar-refractivity contribution < 1.29 is 20.1 Å². The summed E-state index contributed by atoms with van der Waals surface area (Å²) in [6, 6.07) is 4.86. The van der Waals surface area contributed by atoms with Gasteiger partial charge in [0, 0.05) is 5.69 Å². The predicted octanol–water partition coefficient (Wildman–Crippen LogP) is 0.446. The molecule has 0 bridgehead atoms. The molecule has 0 aromatic heterocycles. The van der Waals surface area contributed by atoms with Gasteiger partial charge in [0.25, 0.3) is 0 Å². The summed E-state index contributed by atoms with van der Waals surface area (Å²) >= 11 is 0. The number of aryl methyl sites for hydroxylation is 1. The van der Waals surface area contributed by atoms with Crippen LogP contribution in [0.3, 0.4) is 0 Å². The molecule has 1 rings (SSSR count). The third-order valence-electron chi connectivity index (χ3n) is 2.39. The van der Waals surface area contributed by atoms with Crippen LogP contribution in [0.15, 0.2) is 18.2 Å².